The molecule has 1 aliphatic carbocycles. The van der Waals surface area contributed by atoms with Crippen molar-refractivity contribution < 1.29 is 9.37 Å². The van der Waals surface area contributed by atoms with Gasteiger partial charge in [-0.05, 0) is 54.2 Å². The summed E-state index contributed by atoms with van der Waals surface area (Å²) in [4.78, 5) is 11.1. The average molecular weight is 395 g/mol. The van der Waals surface area contributed by atoms with Gasteiger partial charge in [0.05, 0.1) is 18.8 Å². The number of anilines is 2. The molecule has 1 saturated heterocycles. The highest BCUT2D eigenvalue weighted by atomic mass is 16.6. The molecule has 1 aliphatic heterocycles. The van der Waals surface area contributed by atoms with Crippen LogP contribution < -0.4 is 16.0 Å². The normalized spacial score (nSPS) is 25.3. The number of hydrogen-bond acceptors (Lipinski definition) is 9. The zero-order valence-corrected chi connectivity index (χ0v) is 16.3. The fourth-order valence-electron chi connectivity index (χ4n) is 4.42. The second-order valence-electron chi connectivity index (χ2n) is 7.84. The van der Waals surface area contributed by atoms with Gasteiger partial charge in [-0.1, -0.05) is 0 Å². The van der Waals surface area contributed by atoms with Crippen LogP contribution >= 0.6 is 0 Å². The van der Waals surface area contributed by atoms with Gasteiger partial charge in [0.2, 0.25) is 5.95 Å². The van der Waals surface area contributed by atoms with Crippen LogP contribution in [0.4, 0.5) is 11.6 Å². The number of benzene rings is 1. The Hall–Kier alpha value is -2.78. The van der Waals surface area contributed by atoms with E-state index in [1.165, 1.54) is 0 Å². The number of nitrogens with one attached hydrogen (secondary N) is 1. The monoisotopic (exact) mass is 395 g/mol. The van der Waals surface area contributed by atoms with Crippen molar-refractivity contribution in [2.45, 2.75) is 37.3 Å². The summed E-state index contributed by atoms with van der Waals surface area (Å²) in [7, 11) is 0. The minimum Gasteiger partial charge on any atom is -0.378 e. The summed E-state index contributed by atoms with van der Waals surface area (Å²) in [6, 6.07) is 6.27. The van der Waals surface area contributed by atoms with Crippen molar-refractivity contribution in [3.05, 3.63) is 36.2 Å². The molecule has 0 bridgehead atoms. The fraction of sp³-hybridized carbons (Fsp3) is 0.500. The lowest BCUT2D eigenvalue weighted by Gasteiger charge is -2.41. The summed E-state index contributed by atoms with van der Waals surface area (Å²) in [6.07, 6.45) is 7.04. The maximum Gasteiger partial charge on any atom is 0.223 e. The molecule has 3 aromatic rings. The summed E-state index contributed by atoms with van der Waals surface area (Å²) in [5, 5.41) is 12.0. The SMILES string of the molecule is NC1CCC(Nc2ncccn2)(c2cc(N3CCOCC3)cc3nonc23)CC1. The number of fused-ring (bicyclic) bond motifs is 1. The van der Waals surface area contributed by atoms with E-state index in [4.69, 9.17) is 15.1 Å². The number of aromatic nitrogens is 4. The quantitative estimate of drug-likeness (QED) is 0.685. The highest BCUT2D eigenvalue weighted by Gasteiger charge is 2.39. The minimum atomic E-state index is -0.379. The van der Waals surface area contributed by atoms with Crippen molar-refractivity contribution in [2.75, 3.05) is 36.5 Å². The molecule has 9 nitrogen and oxygen atoms in total. The molecule has 0 unspecified atom stereocenters. The van der Waals surface area contributed by atoms with E-state index < -0.39 is 0 Å². The molecule has 152 valence electrons. The van der Waals surface area contributed by atoms with Gasteiger partial charge < -0.3 is 20.7 Å². The number of morpholine rings is 1. The van der Waals surface area contributed by atoms with Crippen molar-refractivity contribution in [2.24, 2.45) is 5.73 Å². The van der Waals surface area contributed by atoms with E-state index in [0.29, 0.717) is 5.95 Å². The Bertz CT molecular complexity index is 963. The molecular weight excluding hydrogens is 370 g/mol. The molecule has 0 spiro atoms. The molecule has 0 atom stereocenters. The summed E-state index contributed by atoms with van der Waals surface area (Å²) < 4.78 is 10.6. The molecular formula is C20H25N7O2. The lowest BCUT2D eigenvalue weighted by atomic mass is 9.74. The predicted octanol–water partition coefficient (Wildman–Crippen LogP) is 2.06. The van der Waals surface area contributed by atoms with Crippen LogP contribution in [0.2, 0.25) is 0 Å². The Balaban J connectivity index is 1.61. The number of rotatable bonds is 4. The number of hydrogen-bond donors (Lipinski definition) is 2. The smallest absolute Gasteiger partial charge is 0.223 e. The Labute approximate surface area is 168 Å². The number of nitrogens with two attached hydrogens (primary N) is 1. The van der Waals surface area contributed by atoms with Crippen LogP contribution in [0.1, 0.15) is 31.2 Å². The van der Waals surface area contributed by atoms with E-state index in [9.17, 15) is 0 Å². The average Bonchev–Trinajstić information content (AvgIpc) is 3.25. The zero-order valence-electron chi connectivity index (χ0n) is 16.3. The molecule has 2 aromatic heterocycles. The minimum absolute atomic E-state index is 0.204. The van der Waals surface area contributed by atoms with Crippen molar-refractivity contribution in [3.8, 4) is 0 Å². The van der Waals surface area contributed by atoms with Gasteiger partial charge in [0, 0.05) is 42.8 Å². The maximum atomic E-state index is 6.24. The number of nitrogens with zero attached hydrogens (tertiary/aromatic N) is 5. The second-order valence-corrected chi connectivity index (χ2v) is 7.84. The Morgan fingerprint density at radius 3 is 2.59 bits per heavy atom. The molecule has 0 radical (unpaired) electrons. The van der Waals surface area contributed by atoms with E-state index in [-0.39, 0.29) is 11.6 Å². The maximum absolute atomic E-state index is 6.24. The van der Waals surface area contributed by atoms with Gasteiger partial charge in [0.1, 0.15) is 11.0 Å². The van der Waals surface area contributed by atoms with Gasteiger partial charge in [-0.3, -0.25) is 0 Å². The van der Waals surface area contributed by atoms with Crippen LogP contribution in [0.5, 0.6) is 0 Å². The molecule has 29 heavy (non-hydrogen) atoms. The van der Waals surface area contributed by atoms with Crippen LogP contribution in [-0.2, 0) is 10.3 Å². The molecule has 9 heteroatoms. The van der Waals surface area contributed by atoms with E-state index in [0.717, 1.165) is 74.3 Å². The predicted molar refractivity (Wildman–Crippen MR) is 109 cm³/mol. The largest absolute Gasteiger partial charge is 0.378 e. The second kappa shape index (κ2) is 7.57. The Morgan fingerprint density at radius 1 is 1.07 bits per heavy atom. The zero-order chi connectivity index (χ0) is 19.7. The summed E-state index contributed by atoms with van der Waals surface area (Å²) in [5.41, 5.74) is 9.57. The van der Waals surface area contributed by atoms with E-state index in [2.05, 4.69) is 36.6 Å². The van der Waals surface area contributed by atoms with Gasteiger partial charge in [-0.2, -0.15) is 0 Å². The summed E-state index contributed by atoms with van der Waals surface area (Å²) in [6.45, 7) is 3.15. The van der Waals surface area contributed by atoms with Gasteiger partial charge in [0.25, 0.3) is 0 Å². The highest BCUT2D eigenvalue weighted by molar-refractivity contribution is 5.83. The van der Waals surface area contributed by atoms with Crippen LogP contribution in [0, 0.1) is 0 Å². The van der Waals surface area contributed by atoms with Gasteiger partial charge in [-0.25, -0.2) is 14.6 Å². The molecule has 1 saturated carbocycles. The molecule has 2 aliphatic rings. The Kier molecular flexibility index (Phi) is 4.76. The van der Waals surface area contributed by atoms with Crippen LogP contribution in [0.3, 0.4) is 0 Å². The third-order valence-corrected chi connectivity index (χ3v) is 6.04. The summed E-state index contributed by atoms with van der Waals surface area (Å²) in [5.74, 6) is 0.601. The third kappa shape index (κ3) is 3.51. The van der Waals surface area contributed by atoms with Crippen LogP contribution in [0.25, 0.3) is 11.0 Å². The van der Waals surface area contributed by atoms with Crippen molar-refractivity contribution in [3.63, 3.8) is 0 Å². The first-order chi connectivity index (χ1) is 14.2. The van der Waals surface area contributed by atoms with Crippen molar-refractivity contribution in [1.82, 2.24) is 20.3 Å². The lowest BCUT2D eigenvalue weighted by Crippen LogP contribution is -2.43. The molecule has 2 fully saturated rings. The first kappa shape index (κ1) is 18.3. The van der Waals surface area contributed by atoms with Gasteiger partial charge >= 0.3 is 0 Å². The van der Waals surface area contributed by atoms with Crippen molar-refractivity contribution in [1.29, 1.82) is 0 Å². The van der Waals surface area contributed by atoms with Gasteiger partial charge in [-0.15, -0.1) is 0 Å². The van der Waals surface area contributed by atoms with E-state index in [1.807, 2.05) is 12.1 Å². The summed E-state index contributed by atoms with van der Waals surface area (Å²) >= 11 is 0. The van der Waals surface area contributed by atoms with Crippen molar-refractivity contribution >= 4 is 22.7 Å². The molecule has 0 amide bonds. The first-order valence-corrected chi connectivity index (χ1v) is 10.1. The number of ether oxygens (including phenoxy) is 1. The van der Waals surface area contributed by atoms with Gasteiger partial charge in [0.15, 0.2) is 0 Å². The standard InChI is InChI=1S/C20H25N7O2/c21-14-2-4-20(5-3-14,24-19-22-6-1-7-23-19)16-12-15(27-8-10-28-11-9-27)13-17-18(16)26-29-25-17/h1,6-7,12-14H,2-5,8-11,21H2,(H,22,23,24). The lowest BCUT2D eigenvalue weighted by molar-refractivity contribution is 0.122. The van der Waals surface area contributed by atoms with Crippen LogP contribution in [0.15, 0.2) is 35.2 Å². The fourth-order valence-corrected chi connectivity index (χ4v) is 4.42. The molecule has 5 rings (SSSR count). The van der Waals surface area contributed by atoms with E-state index in [1.54, 1.807) is 12.4 Å². The van der Waals surface area contributed by atoms with E-state index >= 15 is 0 Å². The van der Waals surface area contributed by atoms with Crippen LogP contribution in [-0.4, -0.2) is 52.6 Å². The Morgan fingerprint density at radius 2 is 1.83 bits per heavy atom. The first-order valence-electron chi connectivity index (χ1n) is 10.1. The molecule has 3 N–H and O–H groups in total. The molecule has 3 heterocycles. The topological polar surface area (TPSA) is 115 Å². The third-order valence-electron chi connectivity index (χ3n) is 6.04. The highest BCUT2D eigenvalue weighted by Crippen LogP contribution is 2.43. The molecule has 1 aromatic carbocycles.